The van der Waals surface area contributed by atoms with Crippen molar-refractivity contribution in [2.45, 2.75) is 40.3 Å². The molecular formula is C21H26N8O. The second kappa shape index (κ2) is 7.74. The van der Waals surface area contributed by atoms with Gasteiger partial charge in [-0.15, -0.1) is 0 Å². The Balaban J connectivity index is 1.81. The van der Waals surface area contributed by atoms with Crippen molar-refractivity contribution in [1.82, 2.24) is 39.6 Å². The summed E-state index contributed by atoms with van der Waals surface area (Å²) in [4.78, 5) is 18.1. The van der Waals surface area contributed by atoms with Crippen LogP contribution in [-0.4, -0.2) is 40.2 Å². The van der Waals surface area contributed by atoms with Gasteiger partial charge in [-0.3, -0.25) is 14.2 Å². The molecule has 0 aromatic carbocycles. The minimum atomic E-state index is -0.159. The van der Waals surface area contributed by atoms with Gasteiger partial charge < -0.3 is 5.32 Å². The number of carbonyl (C=O) groups excluding carboxylic acids is 1. The Labute approximate surface area is 174 Å². The molecule has 4 aromatic heterocycles. The number of nitrogens with zero attached hydrogens (tertiary/aromatic N) is 7. The molecule has 0 fully saturated rings. The van der Waals surface area contributed by atoms with Crippen LogP contribution < -0.4 is 5.32 Å². The van der Waals surface area contributed by atoms with Crippen LogP contribution in [-0.2, 0) is 27.2 Å². The lowest BCUT2D eigenvalue weighted by Gasteiger charge is -2.09. The number of nitrogens with one attached hydrogen (secondary N) is 1. The fourth-order valence-corrected chi connectivity index (χ4v) is 3.63. The lowest BCUT2D eigenvalue weighted by Crippen LogP contribution is -2.23. The summed E-state index contributed by atoms with van der Waals surface area (Å²) in [5, 5.41) is 16.9. The van der Waals surface area contributed by atoms with E-state index in [0.29, 0.717) is 12.1 Å². The molecule has 1 amide bonds. The first-order chi connectivity index (χ1) is 14.4. The Morgan fingerprint density at radius 1 is 1.17 bits per heavy atom. The average molecular weight is 406 g/mol. The predicted octanol–water partition coefficient (Wildman–Crippen LogP) is 2.52. The van der Waals surface area contributed by atoms with Crippen LogP contribution in [0.1, 0.15) is 40.7 Å². The Hall–Kier alpha value is -3.49. The first-order valence-electron chi connectivity index (χ1n) is 10.0. The SMILES string of the molecule is CCCn1nc(C)c2c(C(=O)NCc3cnn(C)c3)cc(-c3cnn(C)c3C)nc21. The van der Waals surface area contributed by atoms with E-state index in [4.69, 9.17) is 4.98 Å². The number of hydrogen-bond acceptors (Lipinski definition) is 5. The zero-order chi connectivity index (χ0) is 21.4. The standard InChI is InChI=1S/C21H26N8O/c1-6-7-29-20-19(13(2)26-29)16(21(30)22-9-15-10-23-27(4)12-15)8-18(25-20)17-11-24-28(5)14(17)3/h8,10-12H,6-7,9H2,1-5H3,(H,22,30). The molecule has 0 saturated carbocycles. The van der Waals surface area contributed by atoms with Crippen molar-refractivity contribution in [3.8, 4) is 11.3 Å². The minimum Gasteiger partial charge on any atom is -0.348 e. The van der Waals surface area contributed by atoms with Crippen LogP contribution in [0.5, 0.6) is 0 Å². The highest BCUT2D eigenvalue weighted by Gasteiger charge is 2.21. The number of amides is 1. The van der Waals surface area contributed by atoms with Gasteiger partial charge in [-0.05, 0) is 26.3 Å². The fraction of sp³-hybridized carbons (Fsp3) is 0.381. The zero-order valence-electron chi connectivity index (χ0n) is 18.0. The summed E-state index contributed by atoms with van der Waals surface area (Å²) in [5.41, 5.74) is 5.65. The van der Waals surface area contributed by atoms with Crippen LogP contribution in [0.4, 0.5) is 0 Å². The number of fused-ring (bicyclic) bond motifs is 1. The second-order valence-corrected chi connectivity index (χ2v) is 7.53. The van der Waals surface area contributed by atoms with E-state index >= 15 is 0 Å². The van der Waals surface area contributed by atoms with Crippen molar-refractivity contribution in [2.75, 3.05) is 0 Å². The number of aromatic nitrogens is 7. The number of hydrogen-bond donors (Lipinski definition) is 1. The highest BCUT2D eigenvalue weighted by Crippen LogP contribution is 2.29. The van der Waals surface area contributed by atoms with Crippen molar-refractivity contribution < 1.29 is 4.79 Å². The maximum absolute atomic E-state index is 13.2. The van der Waals surface area contributed by atoms with Crippen molar-refractivity contribution in [2.24, 2.45) is 14.1 Å². The third-order valence-electron chi connectivity index (χ3n) is 5.28. The van der Waals surface area contributed by atoms with E-state index < -0.39 is 0 Å². The largest absolute Gasteiger partial charge is 0.348 e. The van der Waals surface area contributed by atoms with Gasteiger partial charge >= 0.3 is 0 Å². The zero-order valence-corrected chi connectivity index (χ0v) is 18.0. The molecular weight excluding hydrogens is 380 g/mol. The van der Waals surface area contributed by atoms with Crippen LogP contribution in [0.3, 0.4) is 0 Å². The summed E-state index contributed by atoms with van der Waals surface area (Å²) in [7, 11) is 3.75. The topological polar surface area (TPSA) is 95.5 Å². The van der Waals surface area contributed by atoms with Crippen molar-refractivity contribution in [3.05, 3.63) is 47.2 Å². The quantitative estimate of drug-likeness (QED) is 0.531. The molecule has 30 heavy (non-hydrogen) atoms. The molecule has 4 rings (SSSR count). The van der Waals surface area contributed by atoms with Gasteiger partial charge in [0.05, 0.1) is 34.7 Å². The van der Waals surface area contributed by atoms with Crippen molar-refractivity contribution in [3.63, 3.8) is 0 Å². The summed E-state index contributed by atoms with van der Waals surface area (Å²) in [5.74, 6) is -0.159. The van der Waals surface area contributed by atoms with E-state index in [1.165, 1.54) is 0 Å². The molecule has 1 N–H and O–H groups in total. The van der Waals surface area contributed by atoms with E-state index in [-0.39, 0.29) is 5.91 Å². The van der Waals surface area contributed by atoms with Crippen LogP contribution in [0.2, 0.25) is 0 Å². The molecule has 9 heteroatoms. The lowest BCUT2D eigenvalue weighted by atomic mass is 10.1. The summed E-state index contributed by atoms with van der Waals surface area (Å²) in [6.45, 7) is 7.15. The Bertz CT molecular complexity index is 1230. The van der Waals surface area contributed by atoms with Crippen molar-refractivity contribution in [1.29, 1.82) is 0 Å². The molecule has 156 valence electrons. The highest BCUT2D eigenvalue weighted by molar-refractivity contribution is 6.07. The molecule has 0 radical (unpaired) electrons. The van der Waals surface area contributed by atoms with Crippen LogP contribution in [0.25, 0.3) is 22.3 Å². The van der Waals surface area contributed by atoms with Gasteiger partial charge in [0, 0.05) is 50.2 Å². The predicted molar refractivity (Wildman–Crippen MR) is 114 cm³/mol. The molecule has 0 aliphatic rings. The Kier molecular flexibility index (Phi) is 5.11. The monoisotopic (exact) mass is 406 g/mol. The van der Waals surface area contributed by atoms with Gasteiger partial charge in [0.25, 0.3) is 5.91 Å². The van der Waals surface area contributed by atoms with Gasteiger partial charge in [-0.1, -0.05) is 6.92 Å². The number of aryl methyl sites for hydroxylation is 4. The fourth-order valence-electron chi connectivity index (χ4n) is 3.63. The van der Waals surface area contributed by atoms with Gasteiger partial charge in [-0.25, -0.2) is 9.67 Å². The summed E-state index contributed by atoms with van der Waals surface area (Å²) in [6.07, 6.45) is 6.35. The van der Waals surface area contributed by atoms with E-state index in [9.17, 15) is 4.79 Å². The first kappa shape index (κ1) is 19.8. The lowest BCUT2D eigenvalue weighted by molar-refractivity contribution is 0.0952. The molecule has 0 aliphatic heterocycles. The van der Waals surface area contributed by atoms with E-state index in [1.807, 2.05) is 44.9 Å². The van der Waals surface area contributed by atoms with Crippen LogP contribution >= 0.6 is 0 Å². The van der Waals surface area contributed by atoms with E-state index in [2.05, 4.69) is 27.5 Å². The average Bonchev–Trinajstić information content (AvgIpc) is 3.38. The van der Waals surface area contributed by atoms with Crippen LogP contribution in [0, 0.1) is 13.8 Å². The van der Waals surface area contributed by atoms with Gasteiger partial charge in [0.15, 0.2) is 5.65 Å². The summed E-state index contributed by atoms with van der Waals surface area (Å²) in [6, 6.07) is 1.84. The second-order valence-electron chi connectivity index (χ2n) is 7.53. The third-order valence-corrected chi connectivity index (χ3v) is 5.28. The molecule has 4 heterocycles. The van der Waals surface area contributed by atoms with Crippen LogP contribution in [0.15, 0.2) is 24.7 Å². The molecule has 0 saturated heterocycles. The normalized spacial score (nSPS) is 11.4. The maximum atomic E-state index is 13.2. The van der Waals surface area contributed by atoms with E-state index in [1.54, 1.807) is 21.8 Å². The molecule has 0 aliphatic carbocycles. The Morgan fingerprint density at radius 3 is 2.60 bits per heavy atom. The Morgan fingerprint density at radius 2 is 1.97 bits per heavy atom. The summed E-state index contributed by atoms with van der Waals surface area (Å²) < 4.78 is 5.41. The third kappa shape index (κ3) is 3.47. The number of rotatable bonds is 6. The summed E-state index contributed by atoms with van der Waals surface area (Å²) >= 11 is 0. The molecule has 4 aromatic rings. The van der Waals surface area contributed by atoms with Crippen molar-refractivity contribution >= 4 is 16.9 Å². The number of carbonyl (C=O) groups is 1. The van der Waals surface area contributed by atoms with Gasteiger partial charge in [0.1, 0.15) is 0 Å². The van der Waals surface area contributed by atoms with Gasteiger partial charge in [-0.2, -0.15) is 15.3 Å². The van der Waals surface area contributed by atoms with Gasteiger partial charge in [0.2, 0.25) is 0 Å². The molecule has 9 nitrogen and oxygen atoms in total. The smallest absolute Gasteiger partial charge is 0.252 e. The minimum absolute atomic E-state index is 0.159. The number of pyridine rings is 1. The molecule has 0 spiro atoms. The maximum Gasteiger partial charge on any atom is 0.252 e. The molecule has 0 bridgehead atoms. The molecule has 0 atom stereocenters. The molecule has 0 unspecified atom stereocenters. The highest BCUT2D eigenvalue weighted by atomic mass is 16.1. The first-order valence-corrected chi connectivity index (χ1v) is 10.0. The van der Waals surface area contributed by atoms with E-state index in [0.717, 1.165) is 52.2 Å².